The van der Waals surface area contributed by atoms with Crippen molar-refractivity contribution in [2.75, 3.05) is 13.6 Å². The molecule has 23 heavy (non-hydrogen) atoms. The number of rotatable bonds is 7. The minimum atomic E-state index is 0.688. The van der Waals surface area contributed by atoms with E-state index in [0.29, 0.717) is 6.54 Å². The molecule has 1 aromatic carbocycles. The Morgan fingerprint density at radius 1 is 1.22 bits per heavy atom. The molecule has 0 aliphatic carbocycles. The summed E-state index contributed by atoms with van der Waals surface area (Å²) in [4.78, 5) is 8.93. The van der Waals surface area contributed by atoms with E-state index in [1.165, 1.54) is 12.0 Å². The van der Waals surface area contributed by atoms with Crippen LogP contribution in [0.2, 0.25) is 0 Å². The SMILES string of the molecule is CN=C(NCCCC(C)C)NCc1csc(-c2ccccc2)n1. The van der Waals surface area contributed by atoms with Crippen LogP contribution in [0.3, 0.4) is 0 Å². The molecule has 0 radical (unpaired) electrons. The van der Waals surface area contributed by atoms with Crippen LogP contribution in [-0.2, 0) is 6.54 Å². The Morgan fingerprint density at radius 2 is 2.00 bits per heavy atom. The number of hydrogen-bond donors (Lipinski definition) is 2. The van der Waals surface area contributed by atoms with E-state index < -0.39 is 0 Å². The first-order valence-corrected chi connectivity index (χ1v) is 9.01. The van der Waals surface area contributed by atoms with Crippen molar-refractivity contribution in [3.8, 4) is 10.6 Å². The Bertz CT molecular complexity index is 604. The van der Waals surface area contributed by atoms with Gasteiger partial charge in [-0.1, -0.05) is 44.2 Å². The molecule has 2 rings (SSSR count). The van der Waals surface area contributed by atoms with Gasteiger partial charge in [-0.05, 0) is 18.8 Å². The molecule has 124 valence electrons. The predicted molar refractivity (Wildman–Crippen MR) is 99.8 cm³/mol. The number of nitrogens with zero attached hydrogens (tertiary/aromatic N) is 2. The van der Waals surface area contributed by atoms with Crippen molar-refractivity contribution in [3.05, 3.63) is 41.4 Å². The van der Waals surface area contributed by atoms with Crippen LogP contribution in [-0.4, -0.2) is 24.5 Å². The average Bonchev–Trinajstić information content (AvgIpc) is 3.04. The van der Waals surface area contributed by atoms with Crippen LogP contribution >= 0.6 is 11.3 Å². The number of hydrogen-bond acceptors (Lipinski definition) is 3. The molecule has 2 aromatic rings. The molecule has 0 saturated carbocycles. The minimum absolute atomic E-state index is 0.688. The Hall–Kier alpha value is -1.88. The maximum Gasteiger partial charge on any atom is 0.191 e. The van der Waals surface area contributed by atoms with E-state index >= 15 is 0 Å². The molecule has 1 heterocycles. The number of thiazole rings is 1. The Morgan fingerprint density at radius 3 is 2.70 bits per heavy atom. The third-order valence-corrected chi connectivity index (χ3v) is 4.42. The van der Waals surface area contributed by atoms with Crippen molar-refractivity contribution in [1.29, 1.82) is 0 Å². The van der Waals surface area contributed by atoms with E-state index in [0.717, 1.165) is 35.5 Å². The van der Waals surface area contributed by atoms with Crippen LogP contribution < -0.4 is 10.6 Å². The summed E-state index contributed by atoms with van der Waals surface area (Å²) in [6.45, 7) is 6.14. The first-order valence-electron chi connectivity index (χ1n) is 8.13. The van der Waals surface area contributed by atoms with E-state index in [4.69, 9.17) is 0 Å². The molecule has 4 nitrogen and oxygen atoms in total. The molecule has 0 aliphatic rings. The topological polar surface area (TPSA) is 49.3 Å². The maximum absolute atomic E-state index is 4.68. The molecular weight excluding hydrogens is 304 g/mol. The second kappa shape index (κ2) is 9.30. The van der Waals surface area contributed by atoms with Gasteiger partial charge in [-0.2, -0.15) is 0 Å². The van der Waals surface area contributed by atoms with E-state index in [1.807, 2.05) is 18.2 Å². The minimum Gasteiger partial charge on any atom is -0.356 e. The maximum atomic E-state index is 4.68. The zero-order chi connectivity index (χ0) is 16.5. The fraction of sp³-hybridized carbons (Fsp3) is 0.444. The number of guanidine groups is 1. The predicted octanol–water partition coefficient (Wildman–Crippen LogP) is 3.91. The largest absolute Gasteiger partial charge is 0.356 e. The highest BCUT2D eigenvalue weighted by Gasteiger charge is 2.05. The lowest BCUT2D eigenvalue weighted by Crippen LogP contribution is -2.37. The van der Waals surface area contributed by atoms with Crippen molar-refractivity contribution in [2.45, 2.75) is 33.2 Å². The number of nitrogens with one attached hydrogen (secondary N) is 2. The highest BCUT2D eigenvalue weighted by molar-refractivity contribution is 7.13. The van der Waals surface area contributed by atoms with Crippen LogP contribution in [0.25, 0.3) is 10.6 Å². The lowest BCUT2D eigenvalue weighted by Gasteiger charge is -2.11. The molecule has 0 amide bonds. The molecule has 0 atom stereocenters. The van der Waals surface area contributed by atoms with Gasteiger partial charge in [-0.3, -0.25) is 4.99 Å². The Labute approximate surface area is 143 Å². The number of benzene rings is 1. The van der Waals surface area contributed by atoms with Gasteiger partial charge < -0.3 is 10.6 Å². The van der Waals surface area contributed by atoms with E-state index in [2.05, 4.69) is 52.0 Å². The second-order valence-corrected chi connectivity index (χ2v) is 6.76. The van der Waals surface area contributed by atoms with Crippen LogP contribution in [0, 0.1) is 5.92 Å². The van der Waals surface area contributed by atoms with Gasteiger partial charge in [0.25, 0.3) is 0 Å². The van der Waals surface area contributed by atoms with Crippen molar-refractivity contribution >= 4 is 17.3 Å². The normalized spacial score (nSPS) is 11.7. The lowest BCUT2D eigenvalue weighted by molar-refractivity contribution is 0.549. The van der Waals surface area contributed by atoms with E-state index in [9.17, 15) is 0 Å². The third kappa shape index (κ3) is 6.02. The highest BCUT2D eigenvalue weighted by Crippen LogP contribution is 2.23. The van der Waals surface area contributed by atoms with Gasteiger partial charge in [-0.25, -0.2) is 4.98 Å². The molecule has 0 fully saturated rings. The van der Waals surface area contributed by atoms with Crippen molar-refractivity contribution in [2.24, 2.45) is 10.9 Å². The number of aliphatic imine (C=N–C) groups is 1. The smallest absolute Gasteiger partial charge is 0.191 e. The first-order chi connectivity index (χ1) is 11.2. The lowest BCUT2D eigenvalue weighted by atomic mass is 10.1. The van der Waals surface area contributed by atoms with Crippen LogP contribution in [0.4, 0.5) is 0 Å². The van der Waals surface area contributed by atoms with Gasteiger partial charge in [0.2, 0.25) is 0 Å². The fourth-order valence-electron chi connectivity index (χ4n) is 2.21. The highest BCUT2D eigenvalue weighted by atomic mass is 32.1. The molecule has 0 aliphatic heterocycles. The molecule has 0 spiro atoms. The third-order valence-electron chi connectivity index (χ3n) is 3.48. The standard InChI is InChI=1S/C18H26N4S/c1-14(2)8-7-11-20-18(19-3)21-12-16-13-23-17(22-16)15-9-5-4-6-10-15/h4-6,9-10,13-14H,7-8,11-12H2,1-3H3,(H2,19,20,21). The monoisotopic (exact) mass is 330 g/mol. The summed E-state index contributed by atoms with van der Waals surface area (Å²) in [6, 6.07) is 10.3. The van der Waals surface area contributed by atoms with Crippen LogP contribution in [0.15, 0.2) is 40.7 Å². The molecule has 0 bridgehead atoms. The van der Waals surface area contributed by atoms with Gasteiger partial charge in [0.05, 0.1) is 12.2 Å². The summed E-state index contributed by atoms with van der Waals surface area (Å²) in [5, 5.41) is 9.83. The van der Waals surface area contributed by atoms with Gasteiger partial charge in [-0.15, -0.1) is 11.3 Å². The fourth-order valence-corrected chi connectivity index (χ4v) is 3.04. The van der Waals surface area contributed by atoms with Crippen molar-refractivity contribution < 1.29 is 0 Å². The zero-order valence-corrected chi connectivity index (χ0v) is 15.0. The van der Waals surface area contributed by atoms with Crippen molar-refractivity contribution in [3.63, 3.8) is 0 Å². The van der Waals surface area contributed by atoms with Gasteiger partial charge in [0, 0.05) is 24.5 Å². The van der Waals surface area contributed by atoms with Gasteiger partial charge in [0.15, 0.2) is 5.96 Å². The molecule has 0 saturated heterocycles. The molecule has 2 N–H and O–H groups in total. The van der Waals surface area contributed by atoms with E-state index in [1.54, 1.807) is 18.4 Å². The van der Waals surface area contributed by atoms with E-state index in [-0.39, 0.29) is 0 Å². The Kier molecular flexibility index (Phi) is 7.07. The quantitative estimate of drug-likeness (QED) is 0.460. The first kappa shape index (κ1) is 17.5. The zero-order valence-electron chi connectivity index (χ0n) is 14.2. The molecular formula is C18H26N4S. The summed E-state index contributed by atoms with van der Waals surface area (Å²) in [5.41, 5.74) is 2.21. The van der Waals surface area contributed by atoms with Crippen molar-refractivity contribution in [1.82, 2.24) is 15.6 Å². The summed E-state index contributed by atoms with van der Waals surface area (Å²) in [5.74, 6) is 1.58. The summed E-state index contributed by atoms with van der Waals surface area (Å²) < 4.78 is 0. The summed E-state index contributed by atoms with van der Waals surface area (Å²) in [7, 11) is 1.80. The number of aromatic nitrogens is 1. The van der Waals surface area contributed by atoms with Gasteiger partial charge >= 0.3 is 0 Å². The van der Waals surface area contributed by atoms with Crippen LogP contribution in [0.5, 0.6) is 0 Å². The van der Waals surface area contributed by atoms with Gasteiger partial charge in [0.1, 0.15) is 5.01 Å². The molecule has 5 heteroatoms. The summed E-state index contributed by atoms with van der Waals surface area (Å²) >= 11 is 1.68. The molecule has 1 aromatic heterocycles. The van der Waals surface area contributed by atoms with Crippen LogP contribution in [0.1, 0.15) is 32.4 Å². The second-order valence-electron chi connectivity index (χ2n) is 5.90. The molecule has 0 unspecified atom stereocenters. The summed E-state index contributed by atoms with van der Waals surface area (Å²) in [6.07, 6.45) is 2.39. The Balaban J connectivity index is 1.79. The average molecular weight is 331 g/mol.